The standard InChI is InChI=1S/C9H8F2N2S/c1-2-13-8-6(12-9(13)14)4-3-5(10)7(8)11/h3-4H,2H2,1H3,(H,12,14). The van der Waals surface area contributed by atoms with Gasteiger partial charge in [-0.25, -0.2) is 8.78 Å². The van der Waals surface area contributed by atoms with Crippen LogP contribution >= 0.6 is 12.2 Å². The Kier molecular flexibility index (Phi) is 2.11. The van der Waals surface area contributed by atoms with Gasteiger partial charge in [-0.05, 0) is 31.3 Å². The lowest BCUT2D eigenvalue weighted by atomic mass is 10.3. The van der Waals surface area contributed by atoms with Crippen LogP contribution in [-0.4, -0.2) is 9.55 Å². The molecule has 0 unspecified atom stereocenters. The van der Waals surface area contributed by atoms with E-state index in [0.717, 1.165) is 6.07 Å². The van der Waals surface area contributed by atoms with E-state index in [1.165, 1.54) is 10.6 Å². The normalized spacial score (nSPS) is 11.1. The number of aromatic amines is 1. The van der Waals surface area contributed by atoms with E-state index < -0.39 is 11.6 Å². The number of halogens is 2. The predicted octanol–water partition coefficient (Wildman–Crippen LogP) is 3.00. The van der Waals surface area contributed by atoms with Crippen molar-refractivity contribution in [2.45, 2.75) is 13.5 Å². The Labute approximate surface area is 84.2 Å². The van der Waals surface area contributed by atoms with Crippen molar-refractivity contribution in [3.8, 4) is 0 Å². The molecule has 0 saturated carbocycles. The highest BCUT2D eigenvalue weighted by Gasteiger charge is 2.12. The van der Waals surface area contributed by atoms with Gasteiger partial charge in [-0.2, -0.15) is 0 Å². The Hall–Kier alpha value is -1.23. The average Bonchev–Trinajstić information content (AvgIpc) is 2.48. The summed E-state index contributed by atoms with van der Waals surface area (Å²) in [6, 6.07) is 2.57. The minimum Gasteiger partial charge on any atom is -0.330 e. The summed E-state index contributed by atoms with van der Waals surface area (Å²) in [5.41, 5.74) is 0.730. The molecule has 1 aromatic carbocycles. The van der Waals surface area contributed by atoms with Gasteiger partial charge in [-0.1, -0.05) is 0 Å². The number of nitrogens with zero attached hydrogens (tertiary/aromatic N) is 1. The van der Waals surface area contributed by atoms with Crippen molar-refractivity contribution in [1.29, 1.82) is 0 Å². The number of hydrogen-bond donors (Lipinski definition) is 1. The third-order valence-corrected chi connectivity index (χ3v) is 2.46. The summed E-state index contributed by atoms with van der Waals surface area (Å²) in [6.45, 7) is 2.34. The molecule has 2 rings (SSSR count). The van der Waals surface area contributed by atoms with Gasteiger partial charge in [0.1, 0.15) is 5.52 Å². The van der Waals surface area contributed by atoms with Crippen LogP contribution in [0.4, 0.5) is 8.78 Å². The first-order valence-electron chi connectivity index (χ1n) is 4.21. The van der Waals surface area contributed by atoms with E-state index >= 15 is 0 Å². The maximum Gasteiger partial charge on any atom is 0.184 e. The molecule has 0 spiro atoms. The van der Waals surface area contributed by atoms with Crippen LogP contribution in [0.25, 0.3) is 11.0 Å². The van der Waals surface area contributed by atoms with Crippen molar-refractivity contribution >= 4 is 23.3 Å². The number of aryl methyl sites for hydroxylation is 1. The van der Waals surface area contributed by atoms with Crippen LogP contribution in [0.3, 0.4) is 0 Å². The van der Waals surface area contributed by atoms with Gasteiger partial charge in [0.05, 0.1) is 5.52 Å². The predicted molar refractivity (Wildman–Crippen MR) is 52.7 cm³/mol. The van der Waals surface area contributed by atoms with Crippen LogP contribution in [0.5, 0.6) is 0 Å². The monoisotopic (exact) mass is 214 g/mol. The van der Waals surface area contributed by atoms with Crippen molar-refractivity contribution in [3.63, 3.8) is 0 Å². The molecule has 0 aliphatic carbocycles. The van der Waals surface area contributed by atoms with Crippen LogP contribution < -0.4 is 0 Å². The maximum atomic E-state index is 13.4. The van der Waals surface area contributed by atoms with E-state index in [1.54, 1.807) is 0 Å². The minimum absolute atomic E-state index is 0.206. The van der Waals surface area contributed by atoms with Crippen LogP contribution in [0.2, 0.25) is 0 Å². The van der Waals surface area contributed by atoms with Crippen molar-refractivity contribution in [2.75, 3.05) is 0 Å². The molecule has 0 aliphatic rings. The van der Waals surface area contributed by atoms with Gasteiger partial charge in [-0.3, -0.25) is 0 Å². The van der Waals surface area contributed by atoms with Crippen molar-refractivity contribution in [1.82, 2.24) is 9.55 Å². The highest BCUT2D eigenvalue weighted by atomic mass is 32.1. The van der Waals surface area contributed by atoms with Gasteiger partial charge >= 0.3 is 0 Å². The zero-order chi connectivity index (χ0) is 10.3. The molecule has 1 N–H and O–H groups in total. The molecule has 74 valence electrons. The largest absolute Gasteiger partial charge is 0.330 e. The quantitative estimate of drug-likeness (QED) is 0.724. The first-order chi connectivity index (χ1) is 6.65. The summed E-state index contributed by atoms with van der Waals surface area (Å²) in [6.07, 6.45) is 0. The summed E-state index contributed by atoms with van der Waals surface area (Å²) in [5.74, 6) is -1.70. The van der Waals surface area contributed by atoms with Crippen molar-refractivity contribution in [2.24, 2.45) is 0 Å². The topological polar surface area (TPSA) is 20.7 Å². The number of nitrogens with one attached hydrogen (secondary N) is 1. The van der Waals surface area contributed by atoms with Crippen molar-refractivity contribution < 1.29 is 8.78 Å². The van der Waals surface area contributed by atoms with E-state index in [1.807, 2.05) is 6.92 Å². The fraction of sp³-hybridized carbons (Fsp3) is 0.222. The number of rotatable bonds is 1. The number of fused-ring (bicyclic) bond motifs is 1. The molecule has 14 heavy (non-hydrogen) atoms. The molecule has 0 atom stereocenters. The molecule has 1 aromatic heterocycles. The molecule has 5 heteroatoms. The van der Waals surface area contributed by atoms with E-state index in [4.69, 9.17) is 12.2 Å². The lowest BCUT2D eigenvalue weighted by Crippen LogP contribution is -1.96. The lowest BCUT2D eigenvalue weighted by molar-refractivity contribution is 0.511. The molecule has 2 nitrogen and oxygen atoms in total. The third kappa shape index (κ3) is 1.16. The zero-order valence-electron chi connectivity index (χ0n) is 7.47. The van der Waals surface area contributed by atoms with E-state index in [2.05, 4.69) is 4.98 Å². The highest BCUT2D eigenvalue weighted by molar-refractivity contribution is 7.71. The van der Waals surface area contributed by atoms with Gasteiger partial charge < -0.3 is 9.55 Å². The Morgan fingerprint density at radius 3 is 2.79 bits per heavy atom. The Morgan fingerprint density at radius 2 is 2.14 bits per heavy atom. The van der Waals surface area contributed by atoms with Crippen LogP contribution in [-0.2, 0) is 6.54 Å². The maximum absolute atomic E-state index is 13.4. The molecule has 0 amide bonds. The van der Waals surface area contributed by atoms with Gasteiger partial charge in [-0.15, -0.1) is 0 Å². The number of H-pyrrole nitrogens is 1. The lowest BCUT2D eigenvalue weighted by Gasteiger charge is -2.00. The number of benzene rings is 1. The third-order valence-electron chi connectivity index (χ3n) is 2.14. The van der Waals surface area contributed by atoms with E-state index in [0.29, 0.717) is 16.8 Å². The number of aromatic nitrogens is 2. The molecule has 1 heterocycles. The smallest absolute Gasteiger partial charge is 0.184 e. The molecular formula is C9H8F2N2S. The molecule has 0 fully saturated rings. The van der Waals surface area contributed by atoms with Crippen LogP contribution in [0, 0.1) is 16.4 Å². The van der Waals surface area contributed by atoms with Gasteiger partial charge in [0.2, 0.25) is 0 Å². The summed E-state index contributed by atoms with van der Waals surface area (Å²) >= 11 is 4.97. The summed E-state index contributed by atoms with van der Waals surface area (Å²) in [5, 5.41) is 0. The molecular weight excluding hydrogens is 206 g/mol. The highest BCUT2D eigenvalue weighted by Crippen LogP contribution is 2.20. The summed E-state index contributed by atoms with van der Waals surface area (Å²) < 4.78 is 28.3. The van der Waals surface area contributed by atoms with E-state index in [9.17, 15) is 8.78 Å². The first-order valence-corrected chi connectivity index (χ1v) is 4.62. The Morgan fingerprint density at radius 1 is 1.43 bits per heavy atom. The first kappa shape index (κ1) is 9.33. The van der Waals surface area contributed by atoms with Crippen molar-refractivity contribution in [3.05, 3.63) is 28.5 Å². The van der Waals surface area contributed by atoms with Crippen LogP contribution in [0.1, 0.15) is 6.92 Å². The summed E-state index contributed by atoms with van der Waals surface area (Å²) in [4.78, 5) is 2.82. The fourth-order valence-electron chi connectivity index (χ4n) is 1.49. The molecule has 0 aliphatic heterocycles. The van der Waals surface area contributed by atoms with E-state index in [-0.39, 0.29) is 5.52 Å². The Balaban J connectivity index is 2.98. The molecule has 2 aromatic rings. The second kappa shape index (κ2) is 3.16. The second-order valence-electron chi connectivity index (χ2n) is 2.93. The number of imidazole rings is 1. The SMILES string of the molecule is CCn1c(=S)[nH]c2ccc(F)c(F)c21. The molecule has 0 radical (unpaired) electrons. The molecule has 0 saturated heterocycles. The van der Waals surface area contributed by atoms with Crippen LogP contribution in [0.15, 0.2) is 12.1 Å². The van der Waals surface area contributed by atoms with Gasteiger partial charge in [0.25, 0.3) is 0 Å². The average molecular weight is 214 g/mol. The number of hydrogen-bond acceptors (Lipinski definition) is 1. The van der Waals surface area contributed by atoms with Gasteiger partial charge in [0, 0.05) is 6.54 Å². The fourth-order valence-corrected chi connectivity index (χ4v) is 1.82. The summed E-state index contributed by atoms with van der Waals surface area (Å²) in [7, 11) is 0. The second-order valence-corrected chi connectivity index (χ2v) is 3.32. The Bertz CT molecular complexity index is 541. The zero-order valence-corrected chi connectivity index (χ0v) is 8.29. The van der Waals surface area contributed by atoms with Gasteiger partial charge in [0.15, 0.2) is 16.4 Å². The molecule has 0 bridgehead atoms. The minimum atomic E-state index is -0.853.